The van der Waals surface area contributed by atoms with Crippen LogP contribution in [-0.2, 0) is 11.2 Å². The molecule has 0 aromatic heterocycles. The molecule has 2 rings (SSSR count). The number of amides is 1. The molecule has 0 saturated heterocycles. The van der Waals surface area contributed by atoms with Crippen molar-refractivity contribution in [3.8, 4) is 0 Å². The molecule has 1 aliphatic carbocycles. The lowest BCUT2D eigenvalue weighted by Crippen LogP contribution is -2.46. The third-order valence-electron chi connectivity index (χ3n) is 4.60. The molecule has 1 fully saturated rings. The zero-order chi connectivity index (χ0) is 16.4. The summed E-state index contributed by atoms with van der Waals surface area (Å²) in [6.45, 7) is 9.21. The lowest BCUT2D eigenvalue weighted by molar-refractivity contribution is -0.122. The van der Waals surface area contributed by atoms with Gasteiger partial charge in [0.2, 0.25) is 5.91 Å². The molecule has 0 unspecified atom stereocenters. The van der Waals surface area contributed by atoms with Crippen molar-refractivity contribution >= 4 is 24.0 Å². The predicted molar refractivity (Wildman–Crippen MR) is 99.8 cm³/mol. The van der Waals surface area contributed by atoms with E-state index >= 15 is 0 Å². The third-order valence-corrected chi connectivity index (χ3v) is 4.60. The van der Waals surface area contributed by atoms with Gasteiger partial charge in [0.15, 0.2) is 0 Å². The maximum absolute atomic E-state index is 12.3. The summed E-state index contributed by atoms with van der Waals surface area (Å²) in [6, 6.07) is 8.06. The summed E-state index contributed by atoms with van der Waals surface area (Å²) in [5.41, 5.74) is 8.35. The van der Waals surface area contributed by atoms with Gasteiger partial charge in [-0.25, -0.2) is 0 Å². The molecule has 1 aliphatic rings. The zero-order valence-corrected chi connectivity index (χ0v) is 15.6. The molecule has 0 heterocycles. The zero-order valence-electron chi connectivity index (χ0n) is 14.8. The molecule has 3 nitrogen and oxygen atoms in total. The fraction of sp³-hybridized carbons (Fsp3) is 0.632. The topological polar surface area (TPSA) is 55.1 Å². The van der Waals surface area contributed by atoms with Crippen LogP contribution in [0.25, 0.3) is 0 Å². The Balaban J connectivity index is 0.00000264. The van der Waals surface area contributed by atoms with E-state index in [0.29, 0.717) is 29.7 Å². The normalized spacial score (nSPS) is 19.7. The largest absolute Gasteiger partial charge is 0.399 e. The third kappa shape index (κ3) is 6.06. The number of halogens is 1. The molecule has 1 saturated carbocycles. The number of anilines is 1. The van der Waals surface area contributed by atoms with Crippen LogP contribution in [0.4, 0.5) is 5.69 Å². The van der Waals surface area contributed by atoms with Crippen LogP contribution in [0.3, 0.4) is 0 Å². The molecule has 130 valence electrons. The summed E-state index contributed by atoms with van der Waals surface area (Å²) in [7, 11) is 0. The van der Waals surface area contributed by atoms with Crippen molar-refractivity contribution in [3.05, 3.63) is 29.8 Å². The Morgan fingerprint density at radius 3 is 2.30 bits per heavy atom. The second-order valence-electron chi connectivity index (χ2n) is 8.38. The Morgan fingerprint density at radius 1 is 1.17 bits per heavy atom. The summed E-state index contributed by atoms with van der Waals surface area (Å²) in [6.07, 6.45) is 4.56. The highest BCUT2D eigenvalue weighted by atomic mass is 35.5. The van der Waals surface area contributed by atoms with Crippen LogP contribution >= 0.6 is 12.4 Å². The van der Waals surface area contributed by atoms with Gasteiger partial charge in [-0.15, -0.1) is 12.4 Å². The van der Waals surface area contributed by atoms with Crippen molar-refractivity contribution < 1.29 is 4.79 Å². The molecule has 0 bridgehead atoms. The summed E-state index contributed by atoms with van der Waals surface area (Å²) in [5, 5.41) is 3.24. The van der Waals surface area contributed by atoms with Gasteiger partial charge < -0.3 is 11.1 Å². The van der Waals surface area contributed by atoms with E-state index < -0.39 is 0 Å². The number of nitrogen functional groups attached to an aromatic ring is 1. The smallest absolute Gasteiger partial charge is 0.220 e. The summed E-state index contributed by atoms with van der Waals surface area (Å²) in [4.78, 5) is 12.3. The van der Waals surface area contributed by atoms with Crippen LogP contribution < -0.4 is 11.1 Å². The lowest BCUT2D eigenvalue weighted by atomic mass is 9.63. The van der Waals surface area contributed by atoms with Crippen molar-refractivity contribution in [1.82, 2.24) is 5.32 Å². The highest BCUT2D eigenvalue weighted by molar-refractivity contribution is 5.85. The molecular formula is C19H31ClN2O. The molecule has 1 aromatic rings. The Bertz CT molecular complexity index is 524. The maximum Gasteiger partial charge on any atom is 0.220 e. The molecular weight excluding hydrogens is 308 g/mol. The summed E-state index contributed by atoms with van der Waals surface area (Å²) >= 11 is 0. The molecule has 0 atom stereocenters. The van der Waals surface area contributed by atoms with Crippen LogP contribution in [0.15, 0.2) is 24.3 Å². The minimum absolute atomic E-state index is 0. The van der Waals surface area contributed by atoms with Crippen LogP contribution in [0, 0.1) is 10.8 Å². The number of nitrogens with two attached hydrogens (primary N) is 1. The van der Waals surface area contributed by atoms with Crippen molar-refractivity contribution in [3.63, 3.8) is 0 Å². The van der Waals surface area contributed by atoms with E-state index in [9.17, 15) is 4.79 Å². The summed E-state index contributed by atoms with van der Waals surface area (Å²) < 4.78 is 0. The standard InChI is InChI=1S/C19H30N2O.ClH/c1-18(2)11-15(12-19(3,4)13-18)21-17(22)10-9-14-7-5-6-8-16(14)20;/h5-8,15H,9-13,20H2,1-4H3,(H,21,22);1H. The van der Waals surface area contributed by atoms with E-state index in [1.807, 2.05) is 24.3 Å². The second kappa shape index (κ2) is 7.57. The van der Waals surface area contributed by atoms with Crippen LogP contribution in [-0.4, -0.2) is 11.9 Å². The first-order chi connectivity index (χ1) is 10.2. The Morgan fingerprint density at radius 2 is 1.74 bits per heavy atom. The molecule has 0 spiro atoms. The highest BCUT2D eigenvalue weighted by Gasteiger charge is 2.38. The molecule has 0 aliphatic heterocycles. The number of nitrogens with one attached hydrogen (secondary N) is 1. The van der Waals surface area contributed by atoms with Crippen LogP contribution in [0.2, 0.25) is 0 Å². The molecule has 0 radical (unpaired) electrons. The van der Waals surface area contributed by atoms with Gasteiger partial charge in [0, 0.05) is 18.2 Å². The van der Waals surface area contributed by atoms with Gasteiger partial charge in [0.1, 0.15) is 0 Å². The van der Waals surface area contributed by atoms with Crippen LogP contribution in [0.1, 0.15) is 58.9 Å². The second-order valence-corrected chi connectivity index (χ2v) is 8.38. The maximum atomic E-state index is 12.3. The van der Waals surface area contributed by atoms with E-state index in [1.54, 1.807) is 0 Å². The monoisotopic (exact) mass is 338 g/mol. The number of rotatable bonds is 4. The van der Waals surface area contributed by atoms with Crippen LogP contribution in [0.5, 0.6) is 0 Å². The van der Waals surface area contributed by atoms with Gasteiger partial charge >= 0.3 is 0 Å². The minimum Gasteiger partial charge on any atom is -0.399 e. The predicted octanol–water partition coefficient (Wildman–Crippen LogP) is 4.34. The Kier molecular flexibility index (Phi) is 6.52. The minimum atomic E-state index is 0. The summed E-state index contributed by atoms with van der Waals surface area (Å²) in [5.74, 6) is 0.141. The number of hydrogen-bond acceptors (Lipinski definition) is 2. The molecule has 1 aromatic carbocycles. The van der Waals surface area contributed by atoms with E-state index in [4.69, 9.17) is 5.73 Å². The number of carbonyl (C=O) groups excluding carboxylic acids is 1. The Hall–Kier alpha value is -1.22. The first-order valence-electron chi connectivity index (χ1n) is 8.30. The fourth-order valence-corrected chi connectivity index (χ4v) is 4.26. The fourth-order valence-electron chi connectivity index (χ4n) is 4.26. The number of para-hydroxylation sites is 1. The Labute approximate surface area is 146 Å². The molecule has 23 heavy (non-hydrogen) atoms. The van der Waals surface area contributed by atoms with Gasteiger partial charge in [-0.05, 0) is 48.1 Å². The van der Waals surface area contributed by atoms with Crippen molar-refractivity contribution in [2.45, 2.75) is 65.8 Å². The number of hydrogen-bond donors (Lipinski definition) is 2. The average Bonchev–Trinajstić information content (AvgIpc) is 2.33. The van der Waals surface area contributed by atoms with Crippen molar-refractivity contribution in [2.75, 3.05) is 5.73 Å². The van der Waals surface area contributed by atoms with E-state index in [1.165, 1.54) is 6.42 Å². The van der Waals surface area contributed by atoms with E-state index in [-0.39, 0.29) is 18.3 Å². The first kappa shape index (κ1) is 19.8. The SMILES string of the molecule is CC1(C)CC(NC(=O)CCc2ccccc2N)CC(C)(C)C1.Cl. The van der Waals surface area contributed by atoms with Gasteiger partial charge in [-0.3, -0.25) is 4.79 Å². The average molecular weight is 339 g/mol. The molecule has 1 amide bonds. The molecule has 3 N–H and O–H groups in total. The van der Waals surface area contributed by atoms with E-state index in [2.05, 4.69) is 33.0 Å². The number of aryl methyl sites for hydroxylation is 1. The lowest BCUT2D eigenvalue weighted by Gasteiger charge is -2.45. The van der Waals surface area contributed by atoms with Crippen molar-refractivity contribution in [1.29, 1.82) is 0 Å². The number of carbonyl (C=O) groups is 1. The van der Waals surface area contributed by atoms with E-state index in [0.717, 1.165) is 24.1 Å². The molecule has 4 heteroatoms. The first-order valence-corrected chi connectivity index (χ1v) is 8.30. The quantitative estimate of drug-likeness (QED) is 0.802. The number of benzene rings is 1. The van der Waals surface area contributed by atoms with Gasteiger partial charge in [0.25, 0.3) is 0 Å². The van der Waals surface area contributed by atoms with Gasteiger partial charge in [-0.1, -0.05) is 45.9 Å². The van der Waals surface area contributed by atoms with Crippen molar-refractivity contribution in [2.24, 2.45) is 10.8 Å². The highest BCUT2D eigenvalue weighted by Crippen LogP contribution is 2.45. The van der Waals surface area contributed by atoms with Gasteiger partial charge in [0.05, 0.1) is 0 Å². The van der Waals surface area contributed by atoms with Gasteiger partial charge in [-0.2, -0.15) is 0 Å².